The van der Waals surface area contributed by atoms with Gasteiger partial charge in [-0.25, -0.2) is 9.59 Å². The molecule has 1 aliphatic rings. The molecule has 4 nitrogen and oxygen atoms in total. The van der Waals surface area contributed by atoms with Crippen molar-refractivity contribution < 1.29 is 19.1 Å². The first-order chi connectivity index (χ1) is 13.0. The van der Waals surface area contributed by atoms with Crippen molar-refractivity contribution in [2.24, 2.45) is 0 Å². The molecule has 27 heavy (non-hydrogen) atoms. The first kappa shape index (κ1) is 18.6. The van der Waals surface area contributed by atoms with Crippen LogP contribution in [0.3, 0.4) is 0 Å². The lowest BCUT2D eigenvalue weighted by Gasteiger charge is -2.30. The molecule has 0 amide bonds. The van der Waals surface area contributed by atoms with Crippen molar-refractivity contribution in [2.75, 3.05) is 0 Å². The number of carbonyl (C=O) groups excluding carboxylic acids is 2. The fourth-order valence-electron chi connectivity index (χ4n) is 3.91. The molecule has 0 unspecified atom stereocenters. The molecular weight excluding hydrogens is 340 g/mol. The Morgan fingerprint density at radius 2 is 1.26 bits per heavy atom. The summed E-state index contributed by atoms with van der Waals surface area (Å²) in [6.07, 6.45) is 4.02. The van der Waals surface area contributed by atoms with Gasteiger partial charge in [0.2, 0.25) is 0 Å². The average molecular weight is 362 g/mol. The highest BCUT2D eigenvalue weighted by atomic mass is 16.5. The molecule has 0 atom stereocenters. The Morgan fingerprint density at radius 1 is 0.852 bits per heavy atom. The summed E-state index contributed by atoms with van der Waals surface area (Å²) in [5.74, 6) is 0.0254. The minimum absolute atomic E-state index is 0.238. The fourth-order valence-corrected chi connectivity index (χ4v) is 3.91. The molecule has 2 aromatic carbocycles. The molecule has 138 valence electrons. The Bertz CT molecular complexity index is 862. The van der Waals surface area contributed by atoms with Gasteiger partial charge < -0.3 is 9.47 Å². The lowest BCUT2D eigenvalue weighted by Crippen LogP contribution is -2.23. The fraction of sp³-hybridized carbons (Fsp3) is 0.217. The van der Waals surface area contributed by atoms with Crippen LogP contribution in [0.15, 0.2) is 61.7 Å². The van der Waals surface area contributed by atoms with Crippen molar-refractivity contribution in [2.45, 2.75) is 32.1 Å². The first-order valence-corrected chi connectivity index (χ1v) is 8.97. The summed E-state index contributed by atoms with van der Waals surface area (Å²) < 4.78 is 10.6. The van der Waals surface area contributed by atoms with Crippen LogP contribution in [0, 0.1) is 0 Å². The second-order valence-corrected chi connectivity index (χ2v) is 6.45. The van der Waals surface area contributed by atoms with Crippen molar-refractivity contribution in [1.29, 1.82) is 0 Å². The second kappa shape index (κ2) is 7.23. The summed E-state index contributed by atoms with van der Waals surface area (Å²) in [5.41, 5.74) is 4.20. The molecule has 0 aliphatic heterocycles. The maximum atomic E-state index is 11.6. The number of hydrogen-bond acceptors (Lipinski definition) is 4. The van der Waals surface area contributed by atoms with Gasteiger partial charge in [-0.1, -0.05) is 39.1 Å². The highest BCUT2D eigenvalue weighted by Crippen LogP contribution is 2.54. The molecular formula is C23H22O4. The van der Waals surface area contributed by atoms with Gasteiger partial charge in [-0.15, -0.1) is 0 Å². The molecule has 0 spiro atoms. The molecule has 1 aliphatic carbocycles. The van der Waals surface area contributed by atoms with Crippen LogP contribution >= 0.6 is 0 Å². The highest BCUT2D eigenvalue weighted by Gasteiger charge is 2.41. The van der Waals surface area contributed by atoms with E-state index >= 15 is 0 Å². The normalized spacial score (nSPS) is 13.3. The van der Waals surface area contributed by atoms with E-state index in [-0.39, 0.29) is 5.41 Å². The maximum absolute atomic E-state index is 11.6. The van der Waals surface area contributed by atoms with E-state index in [1.165, 1.54) is 0 Å². The van der Waals surface area contributed by atoms with E-state index in [1.54, 1.807) is 12.1 Å². The molecule has 0 bridgehead atoms. The standard InChI is InChI=1S/C23H22O4/c1-5-21(24)26-15-9-11-17-18-12-10-16(27-22(25)6-2)14-20(18)23(7-3,8-4)19(17)13-15/h5-6,9-14H,1-2,7-8H2,3-4H3. The second-order valence-electron chi connectivity index (χ2n) is 6.45. The van der Waals surface area contributed by atoms with E-state index in [0.717, 1.165) is 47.2 Å². The van der Waals surface area contributed by atoms with Gasteiger partial charge in [0.1, 0.15) is 11.5 Å². The number of esters is 2. The van der Waals surface area contributed by atoms with Gasteiger partial charge in [0.15, 0.2) is 0 Å². The minimum Gasteiger partial charge on any atom is -0.423 e. The number of benzene rings is 2. The van der Waals surface area contributed by atoms with E-state index in [9.17, 15) is 9.59 Å². The van der Waals surface area contributed by atoms with E-state index in [1.807, 2.05) is 24.3 Å². The van der Waals surface area contributed by atoms with Crippen LogP contribution in [-0.4, -0.2) is 11.9 Å². The average Bonchev–Trinajstić information content (AvgIpc) is 2.96. The third-order valence-electron chi connectivity index (χ3n) is 5.28. The number of hydrogen-bond donors (Lipinski definition) is 0. The van der Waals surface area contributed by atoms with Gasteiger partial charge >= 0.3 is 11.9 Å². The van der Waals surface area contributed by atoms with Crippen molar-refractivity contribution in [1.82, 2.24) is 0 Å². The topological polar surface area (TPSA) is 52.6 Å². The largest absolute Gasteiger partial charge is 0.423 e. The van der Waals surface area contributed by atoms with Crippen LogP contribution in [0.2, 0.25) is 0 Å². The summed E-state index contributed by atoms with van der Waals surface area (Å²) in [5, 5.41) is 0. The quantitative estimate of drug-likeness (QED) is 0.414. The lowest BCUT2D eigenvalue weighted by molar-refractivity contribution is -0.129. The summed E-state index contributed by atoms with van der Waals surface area (Å²) in [7, 11) is 0. The summed E-state index contributed by atoms with van der Waals surface area (Å²) in [6.45, 7) is 11.1. The Morgan fingerprint density at radius 3 is 1.59 bits per heavy atom. The van der Waals surface area contributed by atoms with Crippen LogP contribution < -0.4 is 9.47 Å². The van der Waals surface area contributed by atoms with Crippen molar-refractivity contribution >= 4 is 11.9 Å². The molecule has 3 rings (SSSR count). The van der Waals surface area contributed by atoms with Gasteiger partial charge in [0.05, 0.1) is 0 Å². The van der Waals surface area contributed by atoms with Crippen molar-refractivity contribution in [3.05, 3.63) is 72.8 Å². The number of ether oxygens (including phenoxy) is 2. The Balaban J connectivity index is 2.13. The number of carbonyl (C=O) groups is 2. The van der Waals surface area contributed by atoms with E-state index in [4.69, 9.17) is 9.47 Å². The lowest BCUT2D eigenvalue weighted by atomic mass is 9.74. The Hall–Kier alpha value is -3.14. The van der Waals surface area contributed by atoms with Gasteiger partial charge in [-0.2, -0.15) is 0 Å². The summed E-state index contributed by atoms with van der Waals surface area (Å²) >= 11 is 0. The first-order valence-electron chi connectivity index (χ1n) is 8.97. The van der Waals surface area contributed by atoms with Gasteiger partial charge in [0.25, 0.3) is 0 Å². The van der Waals surface area contributed by atoms with E-state index in [0.29, 0.717) is 11.5 Å². The van der Waals surface area contributed by atoms with Crippen LogP contribution in [0.4, 0.5) is 0 Å². The molecule has 0 radical (unpaired) electrons. The number of rotatable bonds is 6. The van der Waals surface area contributed by atoms with Crippen molar-refractivity contribution in [3.63, 3.8) is 0 Å². The smallest absolute Gasteiger partial charge is 0.335 e. The number of fused-ring (bicyclic) bond motifs is 3. The molecule has 0 N–H and O–H groups in total. The summed E-state index contributed by atoms with van der Waals surface area (Å²) in [4.78, 5) is 23.2. The SMILES string of the molecule is C=CC(=O)Oc1ccc2c(c1)C(CC)(CC)c1cc(OC(=O)C=C)ccc1-2. The summed E-state index contributed by atoms with van der Waals surface area (Å²) in [6, 6.07) is 11.4. The zero-order valence-corrected chi connectivity index (χ0v) is 15.6. The molecule has 0 saturated carbocycles. The molecule has 2 aromatic rings. The molecule has 4 heteroatoms. The Labute approximate surface area is 159 Å². The van der Waals surface area contributed by atoms with E-state index in [2.05, 4.69) is 27.0 Å². The maximum Gasteiger partial charge on any atom is 0.335 e. The molecule has 0 heterocycles. The van der Waals surface area contributed by atoms with Gasteiger partial charge in [-0.05, 0) is 59.4 Å². The van der Waals surface area contributed by atoms with Crippen LogP contribution in [0.5, 0.6) is 11.5 Å². The zero-order chi connectivity index (χ0) is 19.6. The molecule has 0 fully saturated rings. The van der Waals surface area contributed by atoms with Crippen LogP contribution in [-0.2, 0) is 15.0 Å². The monoisotopic (exact) mass is 362 g/mol. The van der Waals surface area contributed by atoms with Crippen LogP contribution in [0.1, 0.15) is 37.8 Å². The highest BCUT2D eigenvalue weighted by molar-refractivity contribution is 5.86. The predicted octanol–water partition coefficient (Wildman–Crippen LogP) is 4.96. The van der Waals surface area contributed by atoms with E-state index < -0.39 is 11.9 Å². The van der Waals surface area contributed by atoms with Gasteiger partial charge in [0, 0.05) is 17.6 Å². The zero-order valence-electron chi connectivity index (χ0n) is 15.6. The van der Waals surface area contributed by atoms with Crippen LogP contribution in [0.25, 0.3) is 11.1 Å². The van der Waals surface area contributed by atoms with Gasteiger partial charge in [-0.3, -0.25) is 0 Å². The molecule has 0 saturated heterocycles. The minimum atomic E-state index is -0.484. The Kier molecular flexibility index (Phi) is 5.00. The third-order valence-corrected chi connectivity index (χ3v) is 5.28. The predicted molar refractivity (Wildman–Crippen MR) is 105 cm³/mol. The molecule has 0 aromatic heterocycles. The van der Waals surface area contributed by atoms with Crippen molar-refractivity contribution in [3.8, 4) is 22.6 Å². The third kappa shape index (κ3) is 3.08.